The van der Waals surface area contributed by atoms with Crippen LogP contribution in [0.15, 0.2) is 17.5 Å². The number of carbonyl (C=O) groups excluding carboxylic acids is 1. The van der Waals surface area contributed by atoms with E-state index in [1.165, 1.54) is 4.88 Å². The first-order valence-electron chi connectivity index (χ1n) is 6.94. The Kier molecular flexibility index (Phi) is 5.36. The molecule has 4 nitrogen and oxygen atoms in total. The highest BCUT2D eigenvalue weighted by molar-refractivity contribution is 7.09. The Bertz CT molecular complexity index is 385. The van der Waals surface area contributed by atoms with E-state index in [-0.39, 0.29) is 11.8 Å². The Hall–Kier alpha value is -0.910. The van der Waals surface area contributed by atoms with Crippen LogP contribution in [0.25, 0.3) is 0 Å². The molecule has 19 heavy (non-hydrogen) atoms. The zero-order valence-electron chi connectivity index (χ0n) is 11.5. The van der Waals surface area contributed by atoms with E-state index in [9.17, 15) is 4.79 Å². The molecule has 1 aliphatic heterocycles. The minimum absolute atomic E-state index is 0.0438. The number of thiophene rings is 1. The van der Waals surface area contributed by atoms with Crippen LogP contribution >= 0.6 is 11.3 Å². The topological polar surface area (TPSA) is 49.6 Å². The molecule has 2 N–H and O–H groups in total. The van der Waals surface area contributed by atoms with Crippen LogP contribution in [0.4, 0.5) is 0 Å². The molecule has 1 saturated heterocycles. The first-order valence-corrected chi connectivity index (χ1v) is 7.82. The maximum Gasteiger partial charge on any atom is 0.226 e. The van der Waals surface area contributed by atoms with Gasteiger partial charge in [0.05, 0.1) is 0 Å². The highest BCUT2D eigenvalue weighted by atomic mass is 32.1. The highest BCUT2D eigenvalue weighted by Crippen LogP contribution is 2.11. The van der Waals surface area contributed by atoms with Gasteiger partial charge in [-0.05, 0) is 17.9 Å². The summed E-state index contributed by atoms with van der Waals surface area (Å²) < 4.78 is 0. The third-order valence-corrected chi connectivity index (χ3v) is 4.65. The third kappa shape index (κ3) is 4.03. The van der Waals surface area contributed by atoms with Crippen LogP contribution in [0, 0.1) is 5.92 Å². The molecule has 1 fully saturated rings. The van der Waals surface area contributed by atoms with Gasteiger partial charge in [-0.25, -0.2) is 0 Å². The quantitative estimate of drug-likeness (QED) is 0.877. The Morgan fingerprint density at radius 1 is 1.42 bits per heavy atom. The van der Waals surface area contributed by atoms with Crippen LogP contribution in [0.5, 0.6) is 0 Å². The van der Waals surface area contributed by atoms with Crippen molar-refractivity contribution in [2.75, 3.05) is 39.3 Å². The standard InChI is InChI=1S/C14H23N3OS/c1-12(11-15)14(18)17-8-6-16(7-9-17)5-4-13-3-2-10-19-13/h2-3,10,12H,4-9,11,15H2,1H3. The molecule has 0 aromatic carbocycles. The van der Waals surface area contributed by atoms with Gasteiger partial charge in [0, 0.05) is 50.1 Å². The summed E-state index contributed by atoms with van der Waals surface area (Å²) in [5.74, 6) is 0.165. The number of hydrogen-bond donors (Lipinski definition) is 1. The SMILES string of the molecule is CC(CN)C(=O)N1CCN(CCc2cccs2)CC1. The van der Waals surface area contributed by atoms with Crippen molar-refractivity contribution in [2.24, 2.45) is 11.7 Å². The maximum atomic E-state index is 12.0. The van der Waals surface area contributed by atoms with E-state index in [0.717, 1.165) is 39.1 Å². The molecule has 1 aromatic heterocycles. The lowest BCUT2D eigenvalue weighted by molar-refractivity contribution is -0.136. The van der Waals surface area contributed by atoms with Crippen molar-refractivity contribution in [3.8, 4) is 0 Å². The number of nitrogens with zero attached hydrogens (tertiary/aromatic N) is 2. The van der Waals surface area contributed by atoms with Gasteiger partial charge < -0.3 is 10.6 Å². The van der Waals surface area contributed by atoms with Gasteiger partial charge in [-0.3, -0.25) is 9.69 Å². The molecule has 0 saturated carbocycles. The molecule has 1 aliphatic rings. The Labute approximate surface area is 119 Å². The summed E-state index contributed by atoms with van der Waals surface area (Å²) in [6.07, 6.45) is 1.12. The summed E-state index contributed by atoms with van der Waals surface area (Å²) >= 11 is 1.82. The molecule has 0 spiro atoms. The molecule has 1 unspecified atom stereocenters. The number of nitrogens with two attached hydrogens (primary N) is 1. The van der Waals surface area contributed by atoms with E-state index in [1.807, 2.05) is 23.2 Å². The fourth-order valence-electron chi connectivity index (χ4n) is 2.33. The fourth-order valence-corrected chi connectivity index (χ4v) is 3.03. The van der Waals surface area contributed by atoms with Crippen molar-refractivity contribution in [3.63, 3.8) is 0 Å². The molecule has 0 aliphatic carbocycles. The largest absolute Gasteiger partial charge is 0.340 e. The first-order chi connectivity index (χ1) is 9.20. The maximum absolute atomic E-state index is 12.0. The summed E-state index contributed by atoms with van der Waals surface area (Å²) in [5.41, 5.74) is 5.55. The number of carbonyl (C=O) groups is 1. The van der Waals surface area contributed by atoms with Crippen molar-refractivity contribution in [2.45, 2.75) is 13.3 Å². The fraction of sp³-hybridized carbons (Fsp3) is 0.643. The second-order valence-corrected chi connectivity index (χ2v) is 6.17. The van der Waals surface area contributed by atoms with Crippen LogP contribution in [-0.4, -0.2) is 55.0 Å². The summed E-state index contributed by atoms with van der Waals surface area (Å²) in [7, 11) is 0. The van der Waals surface area contributed by atoms with Gasteiger partial charge in [0.25, 0.3) is 0 Å². The highest BCUT2D eigenvalue weighted by Gasteiger charge is 2.23. The molecule has 0 bridgehead atoms. The summed E-state index contributed by atoms with van der Waals surface area (Å²) in [5, 5.41) is 2.13. The predicted octanol–water partition coefficient (Wildman–Crippen LogP) is 1.03. The first kappa shape index (κ1) is 14.5. The van der Waals surface area contributed by atoms with Gasteiger partial charge >= 0.3 is 0 Å². The van der Waals surface area contributed by atoms with Gasteiger partial charge in [-0.1, -0.05) is 13.0 Å². The van der Waals surface area contributed by atoms with Crippen molar-refractivity contribution >= 4 is 17.2 Å². The molecular formula is C14H23N3OS. The van der Waals surface area contributed by atoms with Gasteiger partial charge in [-0.2, -0.15) is 0 Å². The van der Waals surface area contributed by atoms with Crippen LogP contribution in [0.3, 0.4) is 0 Å². The average molecular weight is 281 g/mol. The minimum Gasteiger partial charge on any atom is -0.340 e. The molecule has 2 rings (SSSR count). The molecule has 106 valence electrons. The van der Waals surface area contributed by atoms with Gasteiger partial charge in [0.1, 0.15) is 0 Å². The Morgan fingerprint density at radius 2 is 2.16 bits per heavy atom. The van der Waals surface area contributed by atoms with Crippen molar-refractivity contribution in [1.29, 1.82) is 0 Å². The zero-order chi connectivity index (χ0) is 13.7. The lowest BCUT2D eigenvalue weighted by atomic mass is 10.1. The number of rotatable bonds is 5. The van der Waals surface area contributed by atoms with E-state index < -0.39 is 0 Å². The van der Waals surface area contributed by atoms with Gasteiger partial charge in [0.2, 0.25) is 5.91 Å². The average Bonchev–Trinajstić information content (AvgIpc) is 2.97. The predicted molar refractivity (Wildman–Crippen MR) is 79.3 cm³/mol. The van der Waals surface area contributed by atoms with Crippen molar-refractivity contribution in [1.82, 2.24) is 9.80 Å². The molecule has 1 atom stereocenters. The second kappa shape index (κ2) is 7.03. The third-order valence-electron chi connectivity index (χ3n) is 3.71. The monoisotopic (exact) mass is 281 g/mol. The summed E-state index contributed by atoms with van der Waals surface area (Å²) in [6.45, 7) is 7.09. The van der Waals surface area contributed by atoms with E-state index in [4.69, 9.17) is 5.73 Å². The van der Waals surface area contributed by atoms with Crippen molar-refractivity contribution in [3.05, 3.63) is 22.4 Å². The number of piperazine rings is 1. The number of hydrogen-bond acceptors (Lipinski definition) is 4. The zero-order valence-corrected chi connectivity index (χ0v) is 12.4. The number of amides is 1. The molecule has 2 heterocycles. The second-order valence-electron chi connectivity index (χ2n) is 5.13. The van der Waals surface area contributed by atoms with Crippen molar-refractivity contribution < 1.29 is 4.79 Å². The van der Waals surface area contributed by atoms with Gasteiger partial charge in [0.15, 0.2) is 0 Å². The minimum atomic E-state index is -0.0438. The Morgan fingerprint density at radius 3 is 2.74 bits per heavy atom. The van der Waals surface area contributed by atoms with Gasteiger partial charge in [-0.15, -0.1) is 11.3 Å². The van der Waals surface area contributed by atoms with Crippen LogP contribution in [0.1, 0.15) is 11.8 Å². The molecule has 1 aromatic rings. The van der Waals surface area contributed by atoms with E-state index in [1.54, 1.807) is 0 Å². The van der Waals surface area contributed by atoms with E-state index >= 15 is 0 Å². The normalized spacial score (nSPS) is 18.5. The lowest BCUT2D eigenvalue weighted by Gasteiger charge is -2.35. The molecule has 0 radical (unpaired) electrons. The summed E-state index contributed by atoms with van der Waals surface area (Å²) in [6, 6.07) is 4.29. The lowest BCUT2D eigenvalue weighted by Crippen LogP contribution is -2.51. The Balaban J connectivity index is 1.72. The smallest absolute Gasteiger partial charge is 0.226 e. The van der Waals surface area contributed by atoms with E-state index in [0.29, 0.717) is 6.54 Å². The molecular weight excluding hydrogens is 258 g/mol. The van der Waals surface area contributed by atoms with Crippen LogP contribution in [0.2, 0.25) is 0 Å². The van der Waals surface area contributed by atoms with Crippen LogP contribution < -0.4 is 5.73 Å². The molecule has 5 heteroatoms. The van der Waals surface area contributed by atoms with Crippen LogP contribution in [-0.2, 0) is 11.2 Å². The van der Waals surface area contributed by atoms with E-state index in [2.05, 4.69) is 22.4 Å². The summed E-state index contributed by atoms with van der Waals surface area (Å²) in [4.78, 5) is 17.8. The molecule has 1 amide bonds.